The zero-order valence-electron chi connectivity index (χ0n) is 12.1. The van der Waals surface area contributed by atoms with Crippen LogP contribution in [0.15, 0.2) is 51.8 Å². The minimum atomic E-state index is -0.485. The molecule has 0 radical (unpaired) electrons. The number of methoxy groups -OCH3 is 1. The number of anilines is 1. The van der Waals surface area contributed by atoms with Crippen molar-refractivity contribution in [3.63, 3.8) is 0 Å². The maximum absolute atomic E-state index is 12.0. The molecule has 2 aromatic carbocycles. The Bertz CT molecular complexity index is 722. The molecule has 1 N–H and O–H groups in total. The lowest BCUT2D eigenvalue weighted by atomic mass is 10.2. The molecule has 1 amide bonds. The van der Waals surface area contributed by atoms with E-state index in [1.165, 1.54) is 24.9 Å². The number of thioether (sulfide) groups is 1. The first-order valence-corrected chi connectivity index (χ1v) is 8.71. The van der Waals surface area contributed by atoms with Crippen molar-refractivity contribution in [1.29, 1.82) is 0 Å². The molecule has 0 atom stereocenters. The van der Waals surface area contributed by atoms with Gasteiger partial charge in [0.2, 0.25) is 5.91 Å². The van der Waals surface area contributed by atoms with Crippen LogP contribution in [0, 0.1) is 0 Å². The van der Waals surface area contributed by atoms with Gasteiger partial charge in [-0.15, -0.1) is 11.8 Å². The molecule has 0 saturated heterocycles. The van der Waals surface area contributed by atoms with E-state index in [4.69, 9.17) is 11.6 Å². The topological polar surface area (TPSA) is 55.4 Å². The molecule has 0 saturated carbocycles. The largest absolute Gasteiger partial charge is 0.465 e. The third-order valence-corrected chi connectivity index (χ3v) is 4.72. The maximum atomic E-state index is 12.0. The van der Waals surface area contributed by atoms with Crippen molar-refractivity contribution in [2.75, 3.05) is 18.2 Å². The number of ether oxygens (including phenoxy) is 1. The standard InChI is InChI=1S/C16H13BrClNO3S/c1-22-16(21)10-2-7-13(18)14(8-10)19-15(20)9-23-12-5-3-11(17)4-6-12/h2-8H,9H2,1H3,(H,19,20). The molecule has 0 heterocycles. The van der Waals surface area contributed by atoms with Crippen LogP contribution in [0.2, 0.25) is 5.02 Å². The summed E-state index contributed by atoms with van der Waals surface area (Å²) in [6.07, 6.45) is 0. The smallest absolute Gasteiger partial charge is 0.337 e. The molecular weight excluding hydrogens is 402 g/mol. The lowest BCUT2D eigenvalue weighted by Gasteiger charge is -2.09. The third kappa shape index (κ3) is 5.27. The zero-order chi connectivity index (χ0) is 16.8. The van der Waals surface area contributed by atoms with Crippen molar-refractivity contribution >= 4 is 56.9 Å². The Balaban J connectivity index is 1.99. The van der Waals surface area contributed by atoms with Gasteiger partial charge in [-0.25, -0.2) is 4.79 Å². The summed E-state index contributed by atoms with van der Waals surface area (Å²) in [6.45, 7) is 0. The van der Waals surface area contributed by atoms with E-state index < -0.39 is 5.97 Å². The molecule has 0 aromatic heterocycles. The van der Waals surface area contributed by atoms with Gasteiger partial charge >= 0.3 is 5.97 Å². The van der Waals surface area contributed by atoms with Crippen molar-refractivity contribution in [2.45, 2.75) is 4.90 Å². The van der Waals surface area contributed by atoms with Crippen molar-refractivity contribution in [3.8, 4) is 0 Å². The molecule has 0 aliphatic heterocycles. The number of halogens is 2. The number of benzene rings is 2. The summed E-state index contributed by atoms with van der Waals surface area (Å²) in [5.74, 6) is -0.455. The molecule has 0 bridgehead atoms. The highest BCUT2D eigenvalue weighted by Crippen LogP contribution is 2.25. The lowest BCUT2D eigenvalue weighted by molar-refractivity contribution is -0.113. The molecule has 4 nitrogen and oxygen atoms in total. The quantitative estimate of drug-likeness (QED) is 0.573. The van der Waals surface area contributed by atoms with E-state index in [1.807, 2.05) is 24.3 Å². The van der Waals surface area contributed by atoms with Crippen molar-refractivity contribution in [1.82, 2.24) is 0 Å². The fourth-order valence-electron chi connectivity index (χ4n) is 1.73. The van der Waals surface area contributed by atoms with E-state index in [1.54, 1.807) is 12.1 Å². The Morgan fingerprint density at radius 2 is 1.91 bits per heavy atom. The van der Waals surface area contributed by atoms with Gasteiger partial charge in [-0.3, -0.25) is 4.79 Å². The molecule has 7 heteroatoms. The van der Waals surface area contributed by atoms with E-state index in [-0.39, 0.29) is 11.7 Å². The molecule has 0 fully saturated rings. The van der Waals surface area contributed by atoms with Gasteiger partial charge in [0.15, 0.2) is 0 Å². The van der Waals surface area contributed by atoms with Gasteiger partial charge in [0, 0.05) is 9.37 Å². The van der Waals surface area contributed by atoms with Gasteiger partial charge in [-0.05, 0) is 42.5 Å². The Morgan fingerprint density at radius 1 is 1.22 bits per heavy atom. The van der Waals surface area contributed by atoms with Crippen LogP contribution in [0.3, 0.4) is 0 Å². The summed E-state index contributed by atoms with van der Waals surface area (Å²) in [5.41, 5.74) is 0.712. The first-order chi connectivity index (χ1) is 11.0. The monoisotopic (exact) mass is 413 g/mol. The number of hydrogen-bond donors (Lipinski definition) is 1. The summed E-state index contributed by atoms with van der Waals surface area (Å²) in [6, 6.07) is 12.3. The SMILES string of the molecule is COC(=O)c1ccc(Cl)c(NC(=O)CSc2ccc(Br)cc2)c1. The van der Waals surface area contributed by atoms with Crippen LogP contribution in [0.5, 0.6) is 0 Å². The van der Waals surface area contributed by atoms with Gasteiger partial charge < -0.3 is 10.1 Å². The van der Waals surface area contributed by atoms with Crippen molar-refractivity contribution < 1.29 is 14.3 Å². The molecule has 0 aliphatic carbocycles. The number of hydrogen-bond acceptors (Lipinski definition) is 4. The molecule has 120 valence electrons. The van der Waals surface area contributed by atoms with Gasteiger partial charge in [0.25, 0.3) is 0 Å². The van der Waals surface area contributed by atoms with E-state index in [9.17, 15) is 9.59 Å². The second-order valence-corrected chi connectivity index (χ2v) is 6.85. The van der Waals surface area contributed by atoms with E-state index in [0.717, 1.165) is 9.37 Å². The summed E-state index contributed by atoms with van der Waals surface area (Å²) in [5, 5.41) is 3.06. The maximum Gasteiger partial charge on any atom is 0.337 e. The molecule has 23 heavy (non-hydrogen) atoms. The second kappa shape index (κ2) is 8.38. The first-order valence-electron chi connectivity index (χ1n) is 6.55. The molecule has 0 aliphatic rings. The fraction of sp³-hybridized carbons (Fsp3) is 0.125. The molecule has 0 unspecified atom stereocenters. The van der Waals surface area contributed by atoms with Crippen LogP contribution in [0.25, 0.3) is 0 Å². The number of carbonyl (C=O) groups excluding carboxylic acids is 2. The van der Waals surface area contributed by atoms with E-state index >= 15 is 0 Å². The number of amides is 1. The average molecular weight is 415 g/mol. The highest BCUT2D eigenvalue weighted by atomic mass is 79.9. The number of rotatable bonds is 5. The summed E-state index contributed by atoms with van der Waals surface area (Å²) < 4.78 is 5.63. The van der Waals surface area contributed by atoms with Crippen LogP contribution in [0.1, 0.15) is 10.4 Å². The Morgan fingerprint density at radius 3 is 2.57 bits per heavy atom. The minimum absolute atomic E-state index is 0.207. The van der Waals surface area contributed by atoms with E-state index in [0.29, 0.717) is 16.3 Å². The summed E-state index contributed by atoms with van der Waals surface area (Å²) in [4.78, 5) is 24.5. The Labute approximate surface area is 151 Å². The highest BCUT2D eigenvalue weighted by Gasteiger charge is 2.11. The fourth-order valence-corrected chi connectivity index (χ4v) is 2.86. The second-order valence-electron chi connectivity index (χ2n) is 4.48. The van der Waals surface area contributed by atoms with Crippen LogP contribution in [-0.4, -0.2) is 24.7 Å². The molecular formula is C16H13BrClNO3S. The van der Waals surface area contributed by atoms with Crippen molar-refractivity contribution in [3.05, 3.63) is 57.5 Å². The third-order valence-electron chi connectivity index (χ3n) is 2.85. The number of nitrogens with one attached hydrogen (secondary N) is 1. The normalized spacial score (nSPS) is 10.2. The zero-order valence-corrected chi connectivity index (χ0v) is 15.3. The number of esters is 1. The molecule has 2 aromatic rings. The first kappa shape index (κ1) is 17.8. The predicted octanol–water partition coefficient (Wildman–Crippen LogP) is 4.62. The Hall–Kier alpha value is -1.50. The number of carbonyl (C=O) groups is 2. The summed E-state index contributed by atoms with van der Waals surface area (Å²) >= 11 is 10.8. The molecule has 0 spiro atoms. The van der Waals surface area contributed by atoms with Gasteiger partial charge in [-0.1, -0.05) is 27.5 Å². The highest BCUT2D eigenvalue weighted by molar-refractivity contribution is 9.10. The summed E-state index contributed by atoms with van der Waals surface area (Å²) in [7, 11) is 1.30. The van der Waals surface area contributed by atoms with Crippen LogP contribution >= 0.6 is 39.3 Å². The average Bonchev–Trinajstić information content (AvgIpc) is 2.55. The lowest BCUT2D eigenvalue weighted by Crippen LogP contribution is -2.15. The van der Waals surface area contributed by atoms with Crippen LogP contribution < -0.4 is 5.32 Å². The van der Waals surface area contributed by atoms with Gasteiger partial charge in [0.1, 0.15) is 0 Å². The van der Waals surface area contributed by atoms with Crippen LogP contribution in [-0.2, 0) is 9.53 Å². The van der Waals surface area contributed by atoms with E-state index in [2.05, 4.69) is 26.0 Å². The predicted molar refractivity (Wildman–Crippen MR) is 96.3 cm³/mol. The minimum Gasteiger partial charge on any atom is -0.465 e. The van der Waals surface area contributed by atoms with Gasteiger partial charge in [-0.2, -0.15) is 0 Å². The van der Waals surface area contributed by atoms with Crippen molar-refractivity contribution in [2.24, 2.45) is 0 Å². The molecule has 2 rings (SSSR count). The Kier molecular flexibility index (Phi) is 6.50. The van der Waals surface area contributed by atoms with Crippen LogP contribution in [0.4, 0.5) is 5.69 Å². The van der Waals surface area contributed by atoms with Gasteiger partial charge in [0.05, 0.1) is 29.1 Å².